The molecule has 0 bridgehead atoms. The molecule has 0 aliphatic carbocycles. The summed E-state index contributed by atoms with van der Waals surface area (Å²) in [6.45, 7) is 0.201. The van der Waals surface area contributed by atoms with Gasteiger partial charge in [-0.05, 0) is 17.5 Å². The average Bonchev–Trinajstić information content (AvgIpc) is 2.52. The molecule has 0 spiro atoms. The average molecular weight is 283 g/mol. The smallest absolute Gasteiger partial charge is 0.408 e. The molecule has 1 N–H and O–H groups in total. The number of hydrogen-bond acceptors (Lipinski definition) is 2. The first kappa shape index (κ1) is 14.8. The molecule has 0 aliphatic heterocycles. The molecule has 1 amide bonds. The van der Waals surface area contributed by atoms with Crippen LogP contribution < -0.4 is 0 Å². The molecule has 4 heteroatoms. The summed E-state index contributed by atoms with van der Waals surface area (Å²) in [7, 11) is 0. The van der Waals surface area contributed by atoms with Crippen LogP contribution in [0.3, 0.4) is 0 Å². The SMILES string of the molecule is O=C[C@@H](Cc1ccccc1)N(Cc1ccccc1)C(=O)O. The van der Waals surface area contributed by atoms with Crippen molar-refractivity contribution < 1.29 is 14.7 Å². The Kier molecular flexibility index (Phi) is 5.10. The van der Waals surface area contributed by atoms with Crippen LogP contribution in [0.5, 0.6) is 0 Å². The minimum atomic E-state index is -1.09. The first-order valence-corrected chi connectivity index (χ1v) is 6.73. The van der Waals surface area contributed by atoms with Crippen molar-refractivity contribution in [3.8, 4) is 0 Å². The van der Waals surface area contributed by atoms with Gasteiger partial charge in [-0.25, -0.2) is 4.79 Å². The van der Waals surface area contributed by atoms with Crippen molar-refractivity contribution in [1.82, 2.24) is 4.90 Å². The Labute approximate surface area is 123 Å². The first-order chi connectivity index (χ1) is 10.2. The van der Waals surface area contributed by atoms with Gasteiger partial charge in [0, 0.05) is 6.54 Å². The van der Waals surface area contributed by atoms with E-state index in [9.17, 15) is 14.7 Å². The predicted molar refractivity (Wildman–Crippen MR) is 80.0 cm³/mol. The number of carboxylic acid groups (broad SMARTS) is 1. The maximum atomic E-state index is 11.5. The van der Waals surface area contributed by atoms with E-state index < -0.39 is 12.1 Å². The summed E-state index contributed by atoms with van der Waals surface area (Å²) in [5, 5.41) is 9.38. The summed E-state index contributed by atoms with van der Waals surface area (Å²) in [6.07, 6.45) is -0.0139. The maximum absolute atomic E-state index is 11.5. The third-order valence-corrected chi connectivity index (χ3v) is 3.29. The van der Waals surface area contributed by atoms with Crippen LogP contribution in [0.15, 0.2) is 60.7 Å². The number of aldehydes is 1. The predicted octanol–water partition coefficient (Wildman–Crippen LogP) is 2.98. The quantitative estimate of drug-likeness (QED) is 0.829. The van der Waals surface area contributed by atoms with E-state index in [2.05, 4.69) is 0 Å². The van der Waals surface area contributed by atoms with Crippen LogP contribution in [0.25, 0.3) is 0 Å². The van der Waals surface area contributed by atoms with Crippen molar-refractivity contribution in [2.75, 3.05) is 0 Å². The van der Waals surface area contributed by atoms with Gasteiger partial charge < -0.3 is 9.90 Å². The number of carbonyl (C=O) groups is 2. The van der Waals surface area contributed by atoms with Gasteiger partial charge in [-0.1, -0.05) is 60.7 Å². The lowest BCUT2D eigenvalue weighted by molar-refractivity contribution is -0.112. The highest BCUT2D eigenvalue weighted by Crippen LogP contribution is 2.12. The molecule has 0 aromatic heterocycles. The van der Waals surface area contributed by atoms with Crippen molar-refractivity contribution in [2.24, 2.45) is 0 Å². The summed E-state index contributed by atoms with van der Waals surface area (Å²) >= 11 is 0. The van der Waals surface area contributed by atoms with Gasteiger partial charge in [-0.2, -0.15) is 0 Å². The van der Waals surface area contributed by atoms with Crippen LogP contribution in [0.2, 0.25) is 0 Å². The molecule has 108 valence electrons. The fraction of sp³-hybridized carbons (Fsp3) is 0.176. The second kappa shape index (κ2) is 7.24. The fourth-order valence-corrected chi connectivity index (χ4v) is 2.19. The van der Waals surface area contributed by atoms with Crippen LogP contribution in [0, 0.1) is 0 Å². The Morgan fingerprint density at radius 1 is 1.00 bits per heavy atom. The maximum Gasteiger partial charge on any atom is 0.408 e. The summed E-state index contributed by atoms with van der Waals surface area (Å²) in [5.74, 6) is 0. The summed E-state index contributed by atoms with van der Waals surface area (Å²) in [5.41, 5.74) is 1.80. The lowest BCUT2D eigenvalue weighted by atomic mass is 10.1. The Morgan fingerprint density at radius 2 is 1.52 bits per heavy atom. The molecule has 1 atom stereocenters. The first-order valence-electron chi connectivity index (χ1n) is 6.73. The zero-order valence-corrected chi connectivity index (χ0v) is 11.6. The summed E-state index contributed by atoms with van der Waals surface area (Å²) in [6, 6.07) is 18.0. The second-order valence-electron chi connectivity index (χ2n) is 4.79. The van der Waals surface area contributed by atoms with Gasteiger partial charge in [0.25, 0.3) is 0 Å². The van der Waals surface area contributed by atoms with Crippen molar-refractivity contribution >= 4 is 12.4 Å². The van der Waals surface area contributed by atoms with Gasteiger partial charge in [0.2, 0.25) is 0 Å². The van der Waals surface area contributed by atoms with Crippen LogP contribution in [0.4, 0.5) is 4.79 Å². The molecular weight excluding hydrogens is 266 g/mol. The fourth-order valence-electron chi connectivity index (χ4n) is 2.19. The zero-order valence-electron chi connectivity index (χ0n) is 11.6. The van der Waals surface area contributed by atoms with Gasteiger partial charge >= 0.3 is 6.09 Å². The normalized spacial score (nSPS) is 11.6. The number of carbonyl (C=O) groups excluding carboxylic acids is 1. The van der Waals surface area contributed by atoms with Crippen molar-refractivity contribution in [3.63, 3.8) is 0 Å². The number of amides is 1. The minimum Gasteiger partial charge on any atom is -0.465 e. The van der Waals surface area contributed by atoms with Crippen molar-refractivity contribution in [1.29, 1.82) is 0 Å². The molecule has 0 aliphatic rings. The third kappa shape index (κ3) is 4.18. The van der Waals surface area contributed by atoms with Gasteiger partial charge in [0.15, 0.2) is 0 Å². The number of benzene rings is 2. The molecular formula is C17H17NO3. The molecule has 21 heavy (non-hydrogen) atoms. The van der Waals surface area contributed by atoms with E-state index in [1.165, 1.54) is 4.90 Å². The van der Waals surface area contributed by atoms with Gasteiger partial charge in [0.1, 0.15) is 6.29 Å². The van der Waals surface area contributed by atoms with E-state index in [0.29, 0.717) is 12.7 Å². The molecule has 0 radical (unpaired) electrons. The van der Waals surface area contributed by atoms with Crippen molar-refractivity contribution in [3.05, 3.63) is 71.8 Å². The summed E-state index contributed by atoms with van der Waals surface area (Å²) in [4.78, 5) is 24.0. The lowest BCUT2D eigenvalue weighted by Crippen LogP contribution is -2.41. The highest BCUT2D eigenvalue weighted by molar-refractivity contribution is 5.72. The molecule has 0 fully saturated rings. The van der Waals surface area contributed by atoms with Crippen LogP contribution in [-0.2, 0) is 17.8 Å². The van der Waals surface area contributed by atoms with Crippen LogP contribution >= 0.6 is 0 Å². The monoisotopic (exact) mass is 283 g/mol. The van der Waals surface area contributed by atoms with Gasteiger partial charge in [-0.3, -0.25) is 4.90 Å². The van der Waals surface area contributed by atoms with E-state index in [1.54, 1.807) is 0 Å². The minimum absolute atomic E-state index is 0.201. The van der Waals surface area contributed by atoms with Crippen LogP contribution in [0.1, 0.15) is 11.1 Å². The molecule has 0 heterocycles. The topological polar surface area (TPSA) is 57.6 Å². The van der Waals surface area contributed by atoms with Gasteiger partial charge in [0.05, 0.1) is 6.04 Å². The van der Waals surface area contributed by atoms with E-state index in [0.717, 1.165) is 11.1 Å². The van der Waals surface area contributed by atoms with E-state index in [4.69, 9.17) is 0 Å². The van der Waals surface area contributed by atoms with E-state index >= 15 is 0 Å². The van der Waals surface area contributed by atoms with Gasteiger partial charge in [-0.15, -0.1) is 0 Å². The highest BCUT2D eigenvalue weighted by Gasteiger charge is 2.23. The lowest BCUT2D eigenvalue weighted by Gasteiger charge is -2.25. The van der Waals surface area contributed by atoms with Crippen molar-refractivity contribution in [2.45, 2.75) is 19.0 Å². The zero-order chi connectivity index (χ0) is 15.1. The molecule has 0 saturated heterocycles. The second-order valence-corrected chi connectivity index (χ2v) is 4.79. The highest BCUT2D eigenvalue weighted by atomic mass is 16.4. The molecule has 2 aromatic rings. The Balaban J connectivity index is 2.15. The number of hydrogen-bond donors (Lipinski definition) is 1. The molecule has 0 saturated carbocycles. The number of rotatable bonds is 6. The molecule has 4 nitrogen and oxygen atoms in total. The molecule has 2 rings (SSSR count). The largest absolute Gasteiger partial charge is 0.465 e. The Morgan fingerprint density at radius 3 is 2.00 bits per heavy atom. The Bertz CT molecular complexity index is 583. The molecule has 2 aromatic carbocycles. The molecule has 0 unspecified atom stereocenters. The Hall–Kier alpha value is -2.62. The number of nitrogens with zero attached hydrogens (tertiary/aromatic N) is 1. The van der Waals surface area contributed by atoms with E-state index in [1.807, 2.05) is 60.7 Å². The third-order valence-electron chi connectivity index (χ3n) is 3.29. The van der Waals surface area contributed by atoms with Crippen LogP contribution in [-0.4, -0.2) is 28.4 Å². The van der Waals surface area contributed by atoms with E-state index in [-0.39, 0.29) is 6.54 Å². The standard InChI is InChI=1S/C17H17NO3/c19-13-16(11-14-7-3-1-4-8-14)18(17(20)21)12-15-9-5-2-6-10-15/h1-10,13,16H,11-12H2,(H,20,21)/t16-/m1/s1. The summed E-state index contributed by atoms with van der Waals surface area (Å²) < 4.78 is 0.